The molecule has 0 spiro atoms. The van der Waals surface area contributed by atoms with E-state index in [2.05, 4.69) is 123 Å². The number of hydrogen-bond donors (Lipinski definition) is 0. The van der Waals surface area contributed by atoms with Gasteiger partial charge in [-0.1, -0.05) is 84.9 Å². The fourth-order valence-corrected chi connectivity index (χ4v) is 8.27. The Labute approximate surface area is 286 Å². The zero-order valence-electron chi connectivity index (χ0n) is 27.8. The molecule has 0 saturated carbocycles. The quantitative estimate of drug-likeness (QED) is 0.170. The molecule has 1 saturated heterocycles. The van der Waals surface area contributed by atoms with Crippen molar-refractivity contribution in [2.45, 2.75) is 31.1 Å². The number of benzene rings is 5. The van der Waals surface area contributed by atoms with Crippen LogP contribution in [0, 0.1) is 0 Å². The summed E-state index contributed by atoms with van der Waals surface area (Å²) in [6, 6.07) is 41.3. The van der Waals surface area contributed by atoms with E-state index in [4.69, 9.17) is 0 Å². The molecule has 0 bridgehead atoms. The van der Waals surface area contributed by atoms with Gasteiger partial charge in [0, 0.05) is 92.3 Å². The number of halogens is 3. The second kappa shape index (κ2) is 13.0. The highest BCUT2D eigenvalue weighted by atomic mass is 19.4. The molecule has 7 heteroatoms. The molecule has 4 nitrogen and oxygen atoms in total. The second-order valence-corrected chi connectivity index (χ2v) is 13.6. The zero-order valence-corrected chi connectivity index (χ0v) is 27.8. The maximum atomic E-state index is 13.5. The third kappa shape index (κ3) is 6.22. The van der Waals surface area contributed by atoms with Gasteiger partial charge in [0.05, 0.1) is 5.56 Å². The predicted octanol–water partition coefficient (Wildman–Crippen LogP) is 9.06. The summed E-state index contributed by atoms with van der Waals surface area (Å²) in [5.41, 5.74) is 7.98. The number of nitrogens with zero attached hydrogens (tertiary/aromatic N) is 4. The van der Waals surface area contributed by atoms with Gasteiger partial charge < -0.3 is 9.47 Å². The molecule has 5 aromatic carbocycles. The first-order chi connectivity index (χ1) is 23.8. The Morgan fingerprint density at radius 3 is 2.24 bits per heavy atom. The van der Waals surface area contributed by atoms with E-state index in [9.17, 15) is 13.2 Å². The molecule has 0 aliphatic carbocycles. The van der Waals surface area contributed by atoms with E-state index in [1.54, 1.807) is 6.07 Å². The van der Waals surface area contributed by atoms with Crippen LogP contribution in [-0.2, 0) is 26.2 Å². The van der Waals surface area contributed by atoms with Crippen molar-refractivity contribution in [3.8, 4) is 0 Å². The summed E-state index contributed by atoms with van der Waals surface area (Å²) in [5, 5.41) is 2.56. The Kier molecular flexibility index (Phi) is 8.42. The number of piperazine rings is 1. The summed E-state index contributed by atoms with van der Waals surface area (Å²) < 4.78 is 42.7. The largest absolute Gasteiger partial charge is 0.416 e. The minimum absolute atomic E-state index is 0.170. The van der Waals surface area contributed by atoms with Crippen LogP contribution in [0.4, 0.5) is 18.9 Å². The Morgan fingerprint density at radius 2 is 1.43 bits per heavy atom. The highest BCUT2D eigenvalue weighted by Gasteiger charge is 2.38. The average molecular weight is 659 g/mol. The summed E-state index contributed by atoms with van der Waals surface area (Å²) in [6.07, 6.45) is -3.37. The third-order valence-corrected chi connectivity index (χ3v) is 10.8. The molecule has 1 fully saturated rings. The van der Waals surface area contributed by atoms with Gasteiger partial charge in [0.25, 0.3) is 0 Å². The number of anilines is 1. The normalized spacial score (nSPS) is 19.1. The summed E-state index contributed by atoms with van der Waals surface area (Å²) in [7, 11) is 2.15. The molecule has 3 heterocycles. The number of alkyl halides is 3. The number of rotatable bonds is 7. The van der Waals surface area contributed by atoms with Crippen LogP contribution >= 0.6 is 0 Å². The first-order valence-electron chi connectivity index (χ1n) is 17.3. The first-order valence-corrected chi connectivity index (χ1v) is 17.3. The lowest BCUT2D eigenvalue weighted by Gasteiger charge is -2.46. The maximum Gasteiger partial charge on any atom is 0.416 e. The highest BCUT2D eigenvalue weighted by molar-refractivity contribution is 6.08. The van der Waals surface area contributed by atoms with E-state index in [1.807, 2.05) is 0 Å². The van der Waals surface area contributed by atoms with Crippen LogP contribution in [0.2, 0.25) is 0 Å². The second-order valence-electron chi connectivity index (χ2n) is 13.6. The van der Waals surface area contributed by atoms with Crippen molar-refractivity contribution in [1.82, 2.24) is 14.4 Å². The highest BCUT2D eigenvalue weighted by Crippen LogP contribution is 2.45. The molecule has 0 radical (unpaired) electrons. The van der Waals surface area contributed by atoms with Gasteiger partial charge in [-0.2, -0.15) is 13.2 Å². The minimum Gasteiger partial charge on any atom is -0.369 e. The van der Waals surface area contributed by atoms with Gasteiger partial charge in [-0.3, -0.25) is 9.80 Å². The van der Waals surface area contributed by atoms with Gasteiger partial charge in [-0.15, -0.1) is 0 Å². The smallest absolute Gasteiger partial charge is 0.369 e. The molecule has 250 valence electrons. The van der Waals surface area contributed by atoms with E-state index in [0.29, 0.717) is 18.8 Å². The monoisotopic (exact) mass is 658 g/mol. The standard InChI is InChI=1S/C42H41F3N4/c1-46-39-17-8-7-16-36(39)37-26-31(18-19-40(37)46)41-38(29-47-22-24-48(25-23-47)34-14-9-13-33(27-34)42(43,44)45)35-15-6-5-12-32(35)28-49(41)21-20-30-10-3-2-4-11-30/h2-19,26-27,38,41H,20-25,28-29H2,1H3/t38-,41+/m1/s1. The van der Waals surface area contributed by atoms with Gasteiger partial charge in [-0.25, -0.2) is 0 Å². The lowest BCUT2D eigenvalue weighted by Crippen LogP contribution is -2.49. The van der Waals surface area contributed by atoms with Crippen molar-refractivity contribution in [2.75, 3.05) is 44.2 Å². The van der Waals surface area contributed by atoms with Crippen LogP contribution in [0.25, 0.3) is 21.8 Å². The summed E-state index contributed by atoms with van der Waals surface area (Å²) >= 11 is 0. The van der Waals surface area contributed by atoms with Crippen LogP contribution in [0.3, 0.4) is 0 Å². The van der Waals surface area contributed by atoms with Gasteiger partial charge in [-0.05, 0) is 65.1 Å². The molecule has 6 aromatic rings. The van der Waals surface area contributed by atoms with Crippen molar-refractivity contribution < 1.29 is 13.2 Å². The molecule has 0 N–H and O–H groups in total. The van der Waals surface area contributed by atoms with Crippen LogP contribution < -0.4 is 4.90 Å². The summed E-state index contributed by atoms with van der Waals surface area (Å²) in [6.45, 7) is 5.70. The molecule has 8 rings (SSSR count). The van der Waals surface area contributed by atoms with E-state index < -0.39 is 11.7 Å². The average Bonchev–Trinajstić information content (AvgIpc) is 3.42. The van der Waals surface area contributed by atoms with Gasteiger partial charge in [0.2, 0.25) is 0 Å². The molecule has 2 aliphatic heterocycles. The van der Waals surface area contributed by atoms with Crippen molar-refractivity contribution in [2.24, 2.45) is 7.05 Å². The van der Waals surface area contributed by atoms with E-state index in [0.717, 1.165) is 45.2 Å². The zero-order chi connectivity index (χ0) is 33.5. The molecular weight excluding hydrogens is 617 g/mol. The number of fused-ring (bicyclic) bond motifs is 4. The molecule has 0 amide bonds. The first kappa shape index (κ1) is 31.7. The Hall–Kier alpha value is -4.59. The van der Waals surface area contributed by atoms with Crippen molar-refractivity contribution in [3.63, 3.8) is 0 Å². The number of aromatic nitrogens is 1. The van der Waals surface area contributed by atoms with Gasteiger partial charge in [0.1, 0.15) is 0 Å². The predicted molar refractivity (Wildman–Crippen MR) is 193 cm³/mol. The van der Waals surface area contributed by atoms with Crippen molar-refractivity contribution >= 4 is 27.5 Å². The molecule has 2 aliphatic rings. The van der Waals surface area contributed by atoms with Crippen molar-refractivity contribution in [1.29, 1.82) is 0 Å². The van der Waals surface area contributed by atoms with E-state index >= 15 is 0 Å². The molecule has 2 atom stereocenters. The fourth-order valence-electron chi connectivity index (χ4n) is 8.27. The Bertz CT molecular complexity index is 2080. The molecule has 1 aromatic heterocycles. The summed E-state index contributed by atoms with van der Waals surface area (Å²) in [5.74, 6) is 0.230. The van der Waals surface area contributed by atoms with E-state index in [1.165, 1.54) is 56.2 Å². The maximum absolute atomic E-state index is 13.5. The number of hydrogen-bond acceptors (Lipinski definition) is 3. The fraction of sp³-hybridized carbons (Fsp3) is 0.286. The third-order valence-electron chi connectivity index (χ3n) is 10.8. The van der Waals surface area contributed by atoms with Crippen LogP contribution in [0.5, 0.6) is 0 Å². The van der Waals surface area contributed by atoms with Crippen molar-refractivity contribution in [3.05, 3.63) is 149 Å². The number of aryl methyl sites for hydroxylation is 1. The SMILES string of the molecule is Cn1c2ccccc2c2cc([C@H]3[C@H](CN4CCN(c5cccc(C(F)(F)F)c5)CC4)c4ccccc4CN3CCc3ccccc3)ccc21. The number of para-hydroxylation sites is 1. The molecule has 49 heavy (non-hydrogen) atoms. The van der Waals surface area contributed by atoms with Gasteiger partial charge in [0.15, 0.2) is 0 Å². The Morgan fingerprint density at radius 1 is 0.694 bits per heavy atom. The lowest BCUT2D eigenvalue weighted by atomic mass is 9.79. The van der Waals surface area contributed by atoms with Gasteiger partial charge >= 0.3 is 6.18 Å². The lowest BCUT2D eigenvalue weighted by molar-refractivity contribution is -0.137. The van der Waals surface area contributed by atoms with Crippen LogP contribution in [0.15, 0.2) is 121 Å². The topological polar surface area (TPSA) is 14.7 Å². The van der Waals surface area contributed by atoms with Crippen LogP contribution in [0.1, 0.15) is 39.8 Å². The Balaban J connectivity index is 1.13. The minimum atomic E-state index is -4.34. The molecule has 0 unspecified atom stereocenters. The molecular formula is C42H41F3N4. The van der Waals surface area contributed by atoms with E-state index in [-0.39, 0.29) is 12.0 Å². The van der Waals surface area contributed by atoms with Crippen LogP contribution in [-0.4, -0.2) is 53.6 Å². The summed E-state index contributed by atoms with van der Waals surface area (Å²) in [4.78, 5) is 7.31.